The maximum absolute atomic E-state index is 8.79. The van der Waals surface area contributed by atoms with Gasteiger partial charge in [0.05, 0.1) is 17.3 Å². The molecule has 4 heteroatoms. The third-order valence-electron chi connectivity index (χ3n) is 2.08. The smallest absolute Gasteiger partial charge is 0.127 e. The van der Waals surface area contributed by atoms with E-state index in [0.29, 0.717) is 10.2 Å². The molecule has 0 unspecified atom stereocenters. The fourth-order valence-electron chi connectivity index (χ4n) is 1.42. The largest absolute Gasteiger partial charge is 0.297 e. The van der Waals surface area contributed by atoms with Crippen molar-refractivity contribution in [1.82, 2.24) is 9.78 Å². The van der Waals surface area contributed by atoms with Crippen LogP contribution in [0.4, 0.5) is 0 Å². The molecule has 2 rings (SSSR count). The Morgan fingerprint density at radius 3 is 2.80 bits per heavy atom. The molecule has 0 aliphatic carbocycles. The van der Waals surface area contributed by atoms with Crippen molar-refractivity contribution in [2.75, 3.05) is 0 Å². The Balaban J connectivity index is 2.60. The van der Waals surface area contributed by atoms with Crippen molar-refractivity contribution in [2.45, 2.75) is 6.92 Å². The van der Waals surface area contributed by atoms with Gasteiger partial charge in [0, 0.05) is 5.69 Å². The van der Waals surface area contributed by atoms with E-state index in [1.165, 1.54) is 0 Å². The highest BCUT2D eigenvalue weighted by atomic mass is 32.1. The SMILES string of the molecule is Cc1cc(=S)n(-c2cccc(C#N)c2)[nH]1. The molecular formula is C11H9N3S. The molecular weight excluding hydrogens is 206 g/mol. The first-order valence-corrected chi connectivity index (χ1v) is 4.91. The zero-order valence-corrected chi connectivity index (χ0v) is 9.01. The molecule has 0 saturated carbocycles. The van der Waals surface area contributed by atoms with Gasteiger partial charge in [0.15, 0.2) is 0 Å². The zero-order valence-electron chi connectivity index (χ0n) is 8.19. The Morgan fingerprint density at radius 1 is 1.40 bits per heavy atom. The number of nitriles is 1. The van der Waals surface area contributed by atoms with Crippen LogP contribution in [0.3, 0.4) is 0 Å². The van der Waals surface area contributed by atoms with Crippen molar-refractivity contribution < 1.29 is 0 Å². The van der Waals surface area contributed by atoms with Crippen LogP contribution in [0.25, 0.3) is 5.69 Å². The molecule has 1 aromatic carbocycles. The number of H-pyrrole nitrogens is 1. The fraction of sp³-hybridized carbons (Fsp3) is 0.0909. The monoisotopic (exact) mass is 215 g/mol. The van der Waals surface area contributed by atoms with Crippen LogP contribution in [0.5, 0.6) is 0 Å². The van der Waals surface area contributed by atoms with E-state index in [-0.39, 0.29) is 0 Å². The van der Waals surface area contributed by atoms with Gasteiger partial charge in [-0.25, -0.2) is 4.68 Å². The fourth-order valence-corrected chi connectivity index (χ4v) is 1.75. The number of hydrogen-bond acceptors (Lipinski definition) is 2. The van der Waals surface area contributed by atoms with E-state index in [9.17, 15) is 0 Å². The summed E-state index contributed by atoms with van der Waals surface area (Å²) in [4.78, 5) is 0. The van der Waals surface area contributed by atoms with Crippen LogP contribution in [0.1, 0.15) is 11.3 Å². The molecule has 0 fully saturated rings. The van der Waals surface area contributed by atoms with Crippen LogP contribution in [0.15, 0.2) is 30.3 Å². The van der Waals surface area contributed by atoms with Crippen LogP contribution < -0.4 is 0 Å². The highest BCUT2D eigenvalue weighted by molar-refractivity contribution is 7.71. The van der Waals surface area contributed by atoms with Gasteiger partial charge in [-0.3, -0.25) is 5.10 Å². The second kappa shape index (κ2) is 3.71. The normalized spacial score (nSPS) is 9.87. The number of nitrogens with zero attached hydrogens (tertiary/aromatic N) is 2. The Kier molecular flexibility index (Phi) is 2.40. The average molecular weight is 215 g/mol. The minimum absolute atomic E-state index is 0.627. The highest BCUT2D eigenvalue weighted by Crippen LogP contribution is 2.11. The summed E-state index contributed by atoms with van der Waals surface area (Å²) in [7, 11) is 0. The van der Waals surface area contributed by atoms with E-state index in [2.05, 4.69) is 11.2 Å². The van der Waals surface area contributed by atoms with Crippen molar-refractivity contribution in [1.29, 1.82) is 5.26 Å². The molecule has 0 spiro atoms. The molecule has 0 radical (unpaired) electrons. The molecule has 0 amide bonds. The number of aromatic nitrogens is 2. The topological polar surface area (TPSA) is 44.5 Å². The first-order chi connectivity index (χ1) is 7.20. The summed E-state index contributed by atoms with van der Waals surface area (Å²) >= 11 is 5.18. The van der Waals surface area contributed by atoms with Gasteiger partial charge in [-0.1, -0.05) is 18.3 Å². The summed E-state index contributed by atoms with van der Waals surface area (Å²) in [5, 5.41) is 11.9. The van der Waals surface area contributed by atoms with E-state index in [1.807, 2.05) is 25.1 Å². The summed E-state index contributed by atoms with van der Waals surface area (Å²) < 4.78 is 2.49. The Bertz CT molecular complexity index is 586. The van der Waals surface area contributed by atoms with Crippen molar-refractivity contribution in [3.63, 3.8) is 0 Å². The van der Waals surface area contributed by atoms with Gasteiger partial charge in [-0.15, -0.1) is 0 Å². The van der Waals surface area contributed by atoms with Gasteiger partial charge in [-0.05, 0) is 31.2 Å². The molecule has 0 aliphatic heterocycles. The minimum atomic E-state index is 0.627. The molecule has 2 aromatic rings. The first kappa shape index (κ1) is 9.69. The van der Waals surface area contributed by atoms with Gasteiger partial charge in [0.1, 0.15) is 4.64 Å². The molecule has 0 atom stereocenters. The molecule has 1 N–H and O–H groups in total. The summed E-state index contributed by atoms with van der Waals surface area (Å²) in [5.41, 5.74) is 2.51. The van der Waals surface area contributed by atoms with Crippen LogP contribution in [-0.4, -0.2) is 9.78 Å². The second-order valence-corrected chi connectivity index (χ2v) is 3.69. The highest BCUT2D eigenvalue weighted by Gasteiger charge is 2.00. The van der Waals surface area contributed by atoms with E-state index in [4.69, 9.17) is 17.5 Å². The zero-order chi connectivity index (χ0) is 10.8. The predicted octanol–water partition coefficient (Wildman–Crippen LogP) is 2.71. The summed E-state index contributed by atoms with van der Waals surface area (Å²) in [6, 6.07) is 11.3. The van der Waals surface area contributed by atoms with Gasteiger partial charge < -0.3 is 0 Å². The standard InChI is InChI=1S/C11H9N3S/c1-8-5-11(15)14(13-8)10-4-2-3-9(6-10)7-12/h2-6,13H,1H3. The number of nitrogens with one attached hydrogen (secondary N) is 1. The second-order valence-electron chi connectivity index (χ2n) is 3.27. The van der Waals surface area contributed by atoms with E-state index in [0.717, 1.165) is 11.4 Å². The first-order valence-electron chi connectivity index (χ1n) is 4.50. The van der Waals surface area contributed by atoms with Gasteiger partial charge in [0.2, 0.25) is 0 Å². The van der Waals surface area contributed by atoms with E-state index in [1.54, 1.807) is 16.8 Å². The molecule has 15 heavy (non-hydrogen) atoms. The number of hydrogen-bond donors (Lipinski definition) is 1. The van der Waals surface area contributed by atoms with Crippen LogP contribution in [-0.2, 0) is 0 Å². The van der Waals surface area contributed by atoms with E-state index < -0.39 is 0 Å². The van der Waals surface area contributed by atoms with Crippen LogP contribution in [0.2, 0.25) is 0 Å². The Labute approximate surface area is 92.6 Å². The summed E-state index contributed by atoms with van der Waals surface area (Å²) in [6.45, 7) is 1.94. The third-order valence-corrected chi connectivity index (χ3v) is 2.38. The average Bonchev–Trinajstić information content (AvgIpc) is 2.58. The maximum atomic E-state index is 8.79. The Morgan fingerprint density at radius 2 is 2.20 bits per heavy atom. The van der Waals surface area contributed by atoms with E-state index >= 15 is 0 Å². The number of rotatable bonds is 1. The van der Waals surface area contributed by atoms with Gasteiger partial charge >= 0.3 is 0 Å². The lowest BCUT2D eigenvalue weighted by Gasteiger charge is -2.02. The van der Waals surface area contributed by atoms with Gasteiger partial charge in [0.25, 0.3) is 0 Å². The third kappa shape index (κ3) is 1.83. The molecule has 0 bridgehead atoms. The lowest BCUT2D eigenvalue weighted by Crippen LogP contribution is -1.96. The summed E-state index contributed by atoms with van der Waals surface area (Å²) in [6.07, 6.45) is 0. The van der Waals surface area contributed by atoms with Gasteiger partial charge in [-0.2, -0.15) is 5.26 Å². The van der Waals surface area contributed by atoms with Crippen LogP contribution in [0, 0.1) is 22.9 Å². The molecule has 1 aromatic heterocycles. The molecule has 0 saturated heterocycles. The lowest BCUT2D eigenvalue weighted by atomic mass is 10.2. The van der Waals surface area contributed by atoms with Crippen LogP contribution >= 0.6 is 12.2 Å². The van der Waals surface area contributed by atoms with Crippen molar-refractivity contribution in [3.05, 3.63) is 46.2 Å². The minimum Gasteiger partial charge on any atom is -0.297 e. The molecule has 74 valence electrons. The Hall–Kier alpha value is -1.86. The maximum Gasteiger partial charge on any atom is 0.127 e. The molecule has 1 heterocycles. The van der Waals surface area contributed by atoms with Crippen molar-refractivity contribution in [2.24, 2.45) is 0 Å². The summed E-state index contributed by atoms with van der Waals surface area (Å²) in [5.74, 6) is 0. The van der Waals surface area contributed by atoms with Crippen molar-refractivity contribution >= 4 is 12.2 Å². The number of aryl methyl sites for hydroxylation is 1. The number of aromatic amines is 1. The molecule has 3 nitrogen and oxygen atoms in total. The number of benzene rings is 1. The quantitative estimate of drug-likeness (QED) is 0.743. The molecule has 0 aliphatic rings. The lowest BCUT2D eigenvalue weighted by molar-refractivity contribution is 0.852. The predicted molar refractivity (Wildman–Crippen MR) is 60.4 cm³/mol. The van der Waals surface area contributed by atoms with Crippen molar-refractivity contribution in [3.8, 4) is 11.8 Å².